The van der Waals surface area contributed by atoms with E-state index >= 15 is 0 Å². The monoisotopic (exact) mass is 541 g/mol. The summed E-state index contributed by atoms with van der Waals surface area (Å²) in [6.45, 7) is 13.2. The fraction of sp³-hybridized carbons (Fsp3) is 0.312. The SMILES string of the molecule is CCC(C)(C)C(=O)OCOc1ccc(-c2nc(-c3ccc(C)cc3O)nc(-c3c(C)cc(C)cc3C)n2)c(O)c1. The van der Waals surface area contributed by atoms with E-state index in [0.717, 1.165) is 27.8 Å². The number of esters is 1. The van der Waals surface area contributed by atoms with Crippen LogP contribution in [0.5, 0.6) is 17.2 Å². The van der Waals surface area contributed by atoms with Gasteiger partial charge in [-0.1, -0.05) is 30.7 Å². The van der Waals surface area contributed by atoms with E-state index < -0.39 is 5.41 Å². The average molecular weight is 542 g/mol. The van der Waals surface area contributed by atoms with Crippen molar-refractivity contribution in [1.82, 2.24) is 15.0 Å². The molecule has 0 aliphatic heterocycles. The quantitative estimate of drug-likeness (QED) is 0.184. The summed E-state index contributed by atoms with van der Waals surface area (Å²) in [7, 11) is 0. The zero-order valence-electron chi connectivity index (χ0n) is 24.0. The van der Waals surface area contributed by atoms with Crippen LogP contribution in [0, 0.1) is 33.1 Å². The van der Waals surface area contributed by atoms with Crippen molar-refractivity contribution in [3.63, 3.8) is 0 Å². The molecular formula is C32H35N3O5. The van der Waals surface area contributed by atoms with Crippen molar-refractivity contribution < 1.29 is 24.5 Å². The molecule has 40 heavy (non-hydrogen) atoms. The van der Waals surface area contributed by atoms with E-state index in [9.17, 15) is 15.0 Å². The number of aromatic hydroxyl groups is 2. The van der Waals surface area contributed by atoms with Crippen LogP contribution in [-0.2, 0) is 9.53 Å². The predicted molar refractivity (Wildman–Crippen MR) is 154 cm³/mol. The highest BCUT2D eigenvalue weighted by Crippen LogP contribution is 2.36. The van der Waals surface area contributed by atoms with E-state index in [1.165, 1.54) is 6.07 Å². The Morgan fingerprint density at radius 3 is 1.88 bits per heavy atom. The fourth-order valence-corrected chi connectivity index (χ4v) is 4.37. The summed E-state index contributed by atoms with van der Waals surface area (Å²) in [5.41, 5.74) is 5.09. The molecule has 0 aliphatic carbocycles. The second kappa shape index (κ2) is 11.3. The van der Waals surface area contributed by atoms with E-state index in [1.54, 1.807) is 24.3 Å². The van der Waals surface area contributed by atoms with Gasteiger partial charge in [-0.15, -0.1) is 0 Å². The van der Waals surface area contributed by atoms with E-state index in [2.05, 4.69) is 17.1 Å². The summed E-state index contributed by atoms with van der Waals surface area (Å²) in [5.74, 6) is 0.837. The molecule has 1 heterocycles. The van der Waals surface area contributed by atoms with Gasteiger partial charge in [-0.2, -0.15) is 0 Å². The zero-order chi connectivity index (χ0) is 29.2. The fourth-order valence-electron chi connectivity index (χ4n) is 4.37. The van der Waals surface area contributed by atoms with Crippen molar-refractivity contribution in [1.29, 1.82) is 0 Å². The number of aryl methyl sites for hydroxylation is 4. The van der Waals surface area contributed by atoms with Gasteiger partial charge in [0.1, 0.15) is 17.2 Å². The number of carbonyl (C=O) groups is 1. The summed E-state index contributed by atoms with van der Waals surface area (Å²) < 4.78 is 10.8. The largest absolute Gasteiger partial charge is 0.507 e. The molecule has 8 nitrogen and oxygen atoms in total. The number of phenolic OH excluding ortho intramolecular Hbond substituents is 2. The highest BCUT2D eigenvalue weighted by atomic mass is 16.7. The van der Waals surface area contributed by atoms with Crippen molar-refractivity contribution in [3.05, 3.63) is 70.8 Å². The predicted octanol–water partition coefficient (Wildman–Crippen LogP) is 6.83. The molecule has 208 valence electrons. The lowest BCUT2D eigenvalue weighted by Gasteiger charge is -2.20. The van der Waals surface area contributed by atoms with Gasteiger partial charge < -0.3 is 19.7 Å². The van der Waals surface area contributed by atoms with Crippen molar-refractivity contribution >= 4 is 5.97 Å². The molecule has 4 rings (SSSR count). The molecule has 0 fully saturated rings. The van der Waals surface area contributed by atoms with Gasteiger partial charge in [0, 0.05) is 11.6 Å². The molecule has 0 spiro atoms. The van der Waals surface area contributed by atoms with E-state index in [-0.39, 0.29) is 35.9 Å². The van der Waals surface area contributed by atoms with Crippen molar-refractivity contribution in [2.45, 2.75) is 54.9 Å². The minimum Gasteiger partial charge on any atom is -0.507 e. The Bertz CT molecular complexity index is 1560. The smallest absolute Gasteiger partial charge is 0.314 e. The third-order valence-corrected chi connectivity index (χ3v) is 6.99. The maximum absolute atomic E-state index is 12.2. The van der Waals surface area contributed by atoms with E-state index in [4.69, 9.17) is 19.4 Å². The average Bonchev–Trinajstić information content (AvgIpc) is 2.88. The number of aromatic nitrogens is 3. The van der Waals surface area contributed by atoms with Gasteiger partial charge in [-0.25, -0.2) is 15.0 Å². The van der Waals surface area contributed by atoms with Crippen LogP contribution in [0.15, 0.2) is 48.5 Å². The first kappa shape index (κ1) is 28.5. The Morgan fingerprint density at radius 1 is 0.775 bits per heavy atom. The highest BCUT2D eigenvalue weighted by molar-refractivity contribution is 5.76. The molecule has 0 radical (unpaired) electrons. The Balaban J connectivity index is 1.74. The van der Waals surface area contributed by atoms with E-state index in [1.807, 2.05) is 54.5 Å². The lowest BCUT2D eigenvalue weighted by molar-refractivity contribution is -0.160. The summed E-state index contributed by atoms with van der Waals surface area (Å²) in [4.78, 5) is 26.3. The van der Waals surface area contributed by atoms with Crippen LogP contribution in [0.4, 0.5) is 0 Å². The Kier molecular flexibility index (Phi) is 8.09. The normalized spacial score (nSPS) is 11.4. The molecule has 1 aromatic heterocycles. The van der Waals surface area contributed by atoms with E-state index in [0.29, 0.717) is 29.1 Å². The maximum Gasteiger partial charge on any atom is 0.314 e. The lowest BCUT2D eigenvalue weighted by atomic mass is 9.91. The highest BCUT2D eigenvalue weighted by Gasteiger charge is 2.27. The molecule has 0 amide bonds. The molecule has 0 aliphatic rings. The molecular weight excluding hydrogens is 506 g/mol. The van der Waals surface area contributed by atoms with Gasteiger partial charge in [-0.05, 0) is 88.9 Å². The van der Waals surface area contributed by atoms with Crippen LogP contribution in [0.25, 0.3) is 34.2 Å². The van der Waals surface area contributed by atoms with Gasteiger partial charge in [-0.3, -0.25) is 4.79 Å². The Morgan fingerprint density at radius 2 is 1.32 bits per heavy atom. The molecule has 3 aromatic carbocycles. The third-order valence-electron chi connectivity index (χ3n) is 6.99. The van der Waals surface area contributed by atoms with Crippen molar-refractivity contribution in [2.75, 3.05) is 6.79 Å². The van der Waals surface area contributed by atoms with Crippen LogP contribution >= 0.6 is 0 Å². The van der Waals surface area contributed by atoms with Gasteiger partial charge >= 0.3 is 5.97 Å². The molecule has 8 heteroatoms. The van der Waals surface area contributed by atoms with Crippen molar-refractivity contribution in [3.8, 4) is 51.4 Å². The van der Waals surface area contributed by atoms with Crippen LogP contribution in [-0.4, -0.2) is 37.9 Å². The number of hydrogen-bond acceptors (Lipinski definition) is 8. The second-order valence-corrected chi connectivity index (χ2v) is 10.7. The molecule has 4 aromatic rings. The van der Waals surface area contributed by atoms with Gasteiger partial charge in [0.2, 0.25) is 6.79 Å². The molecule has 0 saturated heterocycles. The molecule has 0 saturated carbocycles. The van der Waals surface area contributed by atoms with Crippen LogP contribution in [0.2, 0.25) is 0 Å². The molecule has 0 unspecified atom stereocenters. The maximum atomic E-state index is 12.2. The second-order valence-electron chi connectivity index (χ2n) is 10.7. The van der Waals surface area contributed by atoms with Crippen LogP contribution < -0.4 is 4.74 Å². The number of carbonyl (C=O) groups excluding carboxylic acids is 1. The summed E-state index contributed by atoms with van der Waals surface area (Å²) in [5, 5.41) is 21.6. The number of nitrogens with zero attached hydrogens (tertiary/aromatic N) is 3. The minimum absolute atomic E-state index is 0.0502. The first-order chi connectivity index (χ1) is 18.9. The molecule has 2 N–H and O–H groups in total. The number of ether oxygens (including phenoxy) is 2. The number of phenols is 2. The Hall–Kier alpha value is -4.46. The zero-order valence-corrected chi connectivity index (χ0v) is 24.0. The molecule has 0 atom stereocenters. The Labute approximate surface area is 234 Å². The summed E-state index contributed by atoms with van der Waals surface area (Å²) in [6, 6.07) is 14.1. The van der Waals surface area contributed by atoms with Crippen LogP contribution in [0.1, 0.15) is 49.4 Å². The lowest BCUT2D eigenvalue weighted by Crippen LogP contribution is -2.27. The van der Waals surface area contributed by atoms with Crippen LogP contribution in [0.3, 0.4) is 0 Å². The number of benzene rings is 3. The summed E-state index contributed by atoms with van der Waals surface area (Å²) >= 11 is 0. The van der Waals surface area contributed by atoms with Gasteiger partial charge in [0.15, 0.2) is 17.5 Å². The van der Waals surface area contributed by atoms with Gasteiger partial charge in [0.25, 0.3) is 0 Å². The number of rotatable bonds is 8. The van der Waals surface area contributed by atoms with Gasteiger partial charge in [0.05, 0.1) is 16.5 Å². The molecule has 0 bridgehead atoms. The minimum atomic E-state index is -0.608. The summed E-state index contributed by atoms with van der Waals surface area (Å²) in [6.07, 6.45) is 0.638. The first-order valence-electron chi connectivity index (χ1n) is 13.2. The number of hydrogen-bond donors (Lipinski definition) is 2. The standard InChI is InChI=1S/C32H35N3O5/c1-8-32(6,7)31(38)40-17-39-22-10-12-24(26(37)16-22)29-33-28(23-11-9-18(2)15-25(23)36)34-30(35-29)27-20(4)13-19(3)14-21(27)5/h9-16,36-37H,8,17H2,1-7H3. The topological polar surface area (TPSA) is 115 Å². The first-order valence-corrected chi connectivity index (χ1v) is 13.2. The van der Waals surface area contributed by atoms with Crippen molar-refractivity contribution in [2.24, 2.45) is 5.41 Å². The third kappa shape index (κ3) is 6.06.